The van der Waals surface area contributed by atoms with Gasteiger partial charge >= 0.3 is 0 Å². The lowest BCUT2D eigenvalue weighted by atomic mass is 10.2. The third kappa shape index (κ3) is 2.48. The van der Waals surface area contributed by atoms with Gasteiger partial charge in [0.15, 0.2) is 0 Å². The number of rotatable bonds is 4. The summed E-state index contributed by atoms with van der Waals surface area (Å²) in [6.45, 7) is 2.08. The fourth-order valence-corrected chi connectivity index (χ4v) is 2.44. The van der Waals surface area contributed by atoms with E-state index >= 15 is 0 Å². The van der Waals surface area contributed by atoms with E-state index in [1.807, 2.05) is 23.4 Å². The van der Waals surface area contributed by atoms with E-state index in [-0.39, 0.29) is 11.7 Å². The van der Waals surface area contributed by atoms with Gasteiger partial charge in [-0.1, -0.05) is 6.07 Å². The zero-order chi connectivity index (χ0) is 13.1. The summed E-state index contributed by atoms with van der Waals surface area (Å²) in [5.74, 6) is 0.724. The summed E-state index contributed by atoms with van der Waals surface area (Å²) in [5.41, 5.74) is 0.0101. The predicted molar refractivity (Wildman–Crippen MR) is 72.0 cm³/mol. The molecule has 0 saturated carbocycles. The SMILES string of the molecule is C[C@H](c1cccs1)N(C)c1ccc([N+](=O)[O-])cn1. The lowest BCUT2D eigenvalue weighted by Crippen LogP contribution is -2.21. The van der Waals surface area contributed by atoms with Gasteiger partial charge in [-0.25, -0.2) is 4.98 Å². The number of aromatic nitrogens is 1. The van der Waals surface area contributed by atoms with Gasteiger partial charge in [0, 0.05) is 18.0 Å². The van der Waals surface area contributed by atoms with Gasteiger partial charge in [-0.15, -0.1) is 11.3 Å². The van der Waals surface area contributed by atoms with Crippen LogP contribution in [0.3, 0.4) is 0 Å². The first kappa shape index (κ1) is 12.5. The Morgan fingerprint density at radius 1 is 1.44 bits per heavy atom. The Kier molecular flexibility index (Phi) is 3.57. The van der Waals surface area contributed by atoms with Crippen molar-refractivity contribution in [3.05, 3.63) is 50.8 Å². The van der Waals surface area contributed by atoms with Crippen LogP contribution in [0.1, 0.15) is 17.8 Å². The average molecular weight is 263 g/mol. The van der Waals surface area contributed by atoms with Crippen molar-refractivity contribution in [1.29, 1.82) is 0 Å². The van der Waals surface area contributed by atoms with E-state index in [9.17, 15) is 10.1 Å². The molecule has 0 N–H and O–H groups in total. The summed E-state index contributed by atoms with van der Waals surface area (Å²) in [7, 11) is 1.93. The molecule has 0 aliphatic rings. The molecule has 0 fully saturated rings. The number of hydrogen-bond donors (Lipinski definition) is 0. The number of hydrogen-bond acceptors (Lipinski definition) is 5. The molecule has 5 nitrogen and oxygen atoms in total. The van der Waals surface area contributed by atoms with E-state index < -0.39 is 4.92 Å². The Labute approximate surface area is 109 Å². The van der Waals surface area contributed by atoms with Crippen molar-refractivity contribution in [3.8, 4) is 0 Å². The standard InChI is InChI=1S/C12H13N3O2S/c1-9(11-4-3-7-18-11)14(2)12-6-5-10(8-13-12)15(16)17/h3-9H,1-2H3/t9-/m1/s1. The van der Waals surface area contributed by atoms with Crippen molar-refractivity contribution < 1.29 is 4.92 Å². The van der Waals surface area contributed by atoms with E-state index in [1.165, 1.54) is 17.1 Å². The van der Waals surface area contributed by atoms with Crippen LogP contribution < -0.4 is 4.90 Å². The van der Waals surface area contributed by atoms with E-state index in [4.69, 9.17) is 0 Å². The van der Waals surface area contributed by atoms with E-state index in [2.05, 4.69) is 18.0 Å². The van der Waals surface area contributed by atoms with Gasteiger partial charge in [0.2, 0.25) is 0 Å². The monoisotopic (exact) mass is 263 g/mol. The van der Waals surface area contributed by atoms with Crippen LogP contribution in [0.2, 0.25) is 0 Å². The summed E-state index contributed by atoms with van der Waals surface area (Å²) in [5, 5.41) is 12.6. The van der Waals surface area contributed by atoms with E-state index in [1.54, 1.807) is 17.4 Å². The number of anilines is 1. The molecule has 6 heteroatoms. The van der Waals surface area contributed by atoms with Crippen LogP contribution in [-0.2, 0) is 0 Å². The molecular formula is C12H13N3O2S. The van der Waals surface area contributed by atoms with Crippen LogP contribution in [0.5, 0.6) is 0 Å². The fraction of sp³-hybridized carbons (Fsp3) is 0.250. The number of nitro groups is 1. The Morgan fingerprint density at radius 3 is 2.72 bits per heavy atom. The molecule has 18 heavy (non-hydrogen) atoms. The van der Waals surface area contributed by atoms with Gasteiger partial charge in [0.25, 0.3) is 5.69 Å². The first-order chi connectivity index (χ1) is 8.59. The molecule has 0 aliphatic carbocycles. The predicted octanol–water partition coefficient (Wildman–Crippen LogP) is 3.25. The molecule has 0 radical (unpaired) electrons. The maximum absolute atomic E-state index is 10.6. The Hall–Kier alpha value is -1.95. The normalized spacial score (nSPS) is 12.1. The Bertz CT molecular complexity index is 525. The molecular weight excluding hydrogens is 250 g/mol. The third-order valence-electron chi connectivity index (χ3n) is 2.84. The van der Waals surface area contributed by atoms with Crippen molar-refractivity contribution in [2.75, 3.05) is 11.9 Å². The van der Waals surface area contributed by atoms with Crippen LogP contribution in [0, 0.1) is 10.1 Å². The number of pyridine rings is 1. The molecule has 2 rings (SSSR count). The lowest BCUT2D eigenvalue weighted by molar-refractivity contribution is -0.385. The van der Waals surface area contributed by atoms with Gasteiger partial charge < -0.3 is 4.90 Å². The van der Waals surface area contributed by atoms with Crippen LogP contribution in [0.15, 0.2) is 35.8 Å². The fourth-order valence-electron chi connectivity index (χ4n) is 1.61. The highest BCUT2D eigenvalue weighted by Crippen LogP contribution is 2.27. The van der Waals surface area contributed by atoms with Crippen LogP contribution >= 0.6 is 11.3 Å². The Morgan fingerprint density at radius 2 is 2.22 bits per heavy atom. The first-order valence-electron chi connectivity index (χ1n) is 5.46. The van der Waals surface area contributed by atoms with Gasteiger partial charge in [-0.05, 0) is 24.4 Å². The van der Waals surface area contributed by atoms with Crippen molar-refractivity contribution in [3.63, 3.8) is 0 Å². The minimum absolute atomic E-state index is 0.0101. The lowest BCUT2D eigenvalue weighted by Gasteiger charge is -2.24. The molecule has 2 aromatic rings. The zero-order valence-electron chi connectivity index (χ0n) is 10.1. The largest absolute Gasteiger partial charge is 0.352 e. The molecule has 94 valence electrons. The highest BCUT2D eigenvalue weighted by molar-refractivity contribution is 7.10. The molecule has 0 bridgehead atoms. The second-order valence-corrected chi connectivity index (χ2v) is 4.91. The first-order valence-corrected chi connectivity index (χ1v) is 6.34. The minimum atomic E-state index is -0.445. The molecule has 1 atom stereocenters. The summed E-state index contributed by atoms with van der Waals surface area (Å²) in [6.07, 6.45) is 1.28. The van der Waals surface area contributed by atoms with Crippen molar-refractivity contribution in [2.45, 2.75) is 13.0 Å². The second-order valence-electron chi connectivity index (χ2n) is 3.93. The number of nitrogens with zero attached hydrogens (tertiary/aromatic N) is 3. The summed E-state index contributed by atoms with van der Waals surface area (Å²) < 4.78 is 0. The maximum Gasteiger partial charge on any atom is 0.287 e. The molecule has 0 aromatic carbocycles. The summed E-state index contributed by atoms with van der Waals surface area (Å²) >= 11 is 1.68. The topological polar surface area (TPSA) is 59.3 Å². The van der Waals surface area contributed by atoms with Crippen LogP contribution in [-0.4, -0.2) is 17.0 Å². The summed E-state index contributed by atoms with van der Waals surface area (Å²) in [4.78, 5) is 17.5. The van der Waals surface area contributed by atoms with E-state index in [0.717, 1.165) is 5.82 Å². The van der Waals surface area contributed by atoms with Crippen LogP contribution in [0.4, 0.5) is 11.5 Å². The quantitative estimate of drug-likeness (QED) is 0.627. The highest BCUT2D eigenvalue weighted by Gasteiger charge is 2.15. The second kappa shape index (κ2) is 5.14. The van der Waals surface area contributed by atoms with Crippen LogP contribution in [0.25, 0.3) is 0 Å². The molecule has 0 saturated heterocycles. The maximum atomic E-state index is 10.6. The van der Waals surface area contributed by atoms with Crippen molar-refractivity contribution >= 4 is 22.8 Å². The molecule has 2 heterocycles. The third-order valence-corrected chi connectivity index (χ3v) is 3.88. The number of thiophene rings is 1. The van der Waals surface area contributed by atoms with E-state index in [0.29, 0.717) is 0 Å². The molecule has 0 amide bonds. The molecule has 0 spiro atoms. The van der Waals surface area contributed by atoms with Gasteiger partial charge in [0.05, 0.1) is 11.0 Å². The zero-order valence-corrected chi connectivity index (χ0v) is 10.9. The molecule has 0 aliphatic heterocycles. The molecule has 2 aromatic heterocycles. The smallest absolute Gasteiger partial charge is 0.287 e. The van der Waals surface area contributed by atoms with Gasteiger partial charge in [-0.2, -0.15) is 0 Å². The van der Waals surface area contributed by atoms with Crippen molar-refractivity contribution in [2.24, 2.45) is 0 Å². The summed E-state index contributed by atoms with van der Waals surface area (Å²) in [6, 6.07) is 7.41. The molecule has 0 unspecified atom stereocenters. The minimum Gasteiger partial charge on any atom is -0.352 e. The van der Waals surface area contributed by atoms with Gasteiger partial charge in [-0.3, -0.25) is 10.1 Å². The van der Waals surface area contributed by atoms with Gasteiger partial charge in [0.1, 0.15) is 12.0 Å². The Balaban J connectivity index is 2.18. The highest BCUT2D eigenvalue weighted by atomic mass is 32.1. The average Bonchev–Trinajstić information content (AvgIpc) is 2.91. The van der Waals surface area contributed by atoms with Crippen molar-refractivity contribution in [1.82, 2.24) is 4.98 Å².